The van der Waals surface area contributed by atoms with E-state index in [1.54, 1.807) is 13.2 Å². The lowest BCUT2D eigenvalue weighted by molar-refractivity contribution is -0.245. The number of nitrogens with one attached hydrogen (secondary N) is 1. The van der Waals surface area contributed by atoms with Crippen molar-refractivity contribution in [3.05, 3.63) is 11.8 Å². The van der Waals surface area contributed by atoms with E-state index in [1.807, 2.05) is 18.9 Å². The first-order chi connectivity index (χ1) is 8.60. The number of ether oxygens (including phenoxy) is 2. The number of hydrazone groups is 1. The van der Waals surface area contributed by atoms with Gasteiger partial charge in [0.25, 0.3) is 0 Å². The minimum atomic E-state index is -0.886. The summed E-state index contributed by atoms with van der Waals surface area (Å²) in [6.07, 6.45) is 1.58. The molecule has 18 heavy (non-hydrogen) atoms. The molecule has 2 heterocycles. The number of carbonyl (C=O) groups excluding carboxylic acids is 1. The van der Waals surface area contributed by atoms with E-state index in [0.29, 0.717) is 12.3 Å². The van der Waals surface area contributed by atoms with Crippen molar-refractivity contribution in [2.75, 3.05) is 27.3 Å². The highest BCUT2D eigenvalue weighted by molar-refractivity contribution is 6.46. The van der Waals surface area contributed by atoms with E-state index in [9.17, 15) is 4.79 Å². The average Bonchev–Trinajstić information content (AvgIpc) is 2.75. The van der Waals surface area contributed by atoms with Gasteiger partial charge in [0.05, 0.1) is 24.3 Å². The Kier molecular flexibility index (Phi) is 2.46. The number of carbonyl (C=O) groups is 1. The van der Waals surface area contributed by atoms with Crippen molar-refractivity contribution in [3.8, 4) is 0 Å². The van der Waals surface area contributed by atoms with E-state index in [4.69, 9.17) is 9.47 Å². The number of hydrogen-bond donors (Lipinski definition) is 1. The van der Waals surface area contributed by atoms with Crippen LogP contribution in [0.1, 0.15) is 6.92 Å². The summed E-state index contributed by atoms with van der Waals surface area (Å²) in [5.74, 6) is -1.14. The lowest BCUT2D eigenvalue weighted by Crippen LogP contribution is -2.61. The zero-order chi connectivity index (χ0) is 12.9. The molecule has 0 aromatic rings. The molecule has 98 valence electrons. The number of fused-ring (bicyclic) bond motifs is 3. The van der Waals surface area contributed by atoms with Crippen LogP contribution in [0, 0.1) is 5.92 Å². The number of methoxy groups -OCH3 is 1. The molecule has 0 saturated carbocycles. The van der Waals surface area contributed by atoms with E-state index in [-0.39, 0.29) is 17.7 Å². The molecule has 3 rings (SSSR count). The molecular formula is C12H17N3O3. The van der Waals surface area contributed by atoms with E-state index in [1.165, 1.54) is 0 Å². The van der Waals surface area contributed by atoms with E-state index < -0.39 is 5.79 Å². The normalized spacial score (nSPS) is 38.6. The Labute approximate surface area is 106 Å². The topological polar surface area (TPSA) is 63.2 Å². The predicted molar refractivity (Wildman–Crippen MR) is 64.9 cm³/mol. The molecule has 0 radical (unpaired) electrons. The van der Waals surface area contributed by atoms with Crippen molar-refractivity contribution >= 4 is 11.5 Å². The van der Waals surface area contributed by atoms with Crippen LogP contribution >= 0.6 is 0 Å². The van der Waals surface area contributed by atoms with Gasteiger partial charge in [0.2, 0.25) is 11.6 Å². The van der Waals surface area contributed by atoms with Crippen LogP contribution in [0.4, 0.5) is 0 Å². The van der Waals surface area contributed by atoms with Crippen LogP contribution in [-0.4, -0.2) is 55.5 Å². The van der Waals surface area contributed by atoms with Crippen LogP contribution in [0.5, 0.6) is 0 Å². The second kappa shape index (κ2) is 3.80. The third-order valence-electron chi connectivity index (χ3n) is 3.93. The van der Waals surface area contributed by atoms with Gasteiger partial charge in [-0.2, -0.15) is 5.10 Å². The van der Waals surface area contributed by atoms with Crippen molar-refractivity contribution < 1.29 is 14.3 Å². The molecule has 3 aliphatic rings. The van der Waals surface area contributed by atoms with Gasteiger partial charge < -0.3 is 19.8 Å². The van der Waals surface area contributed by atoms with Crippen LogP contribution in [-0.2, 0) is 14.3 Å². The molecule has 0 aromatic carbocycles. The standard InChI is InChI=1S/C12H17N3O3/c1-7-10-11(14-13-7)8(16)6-9-12(10,17-3)18-5-4-15(9)2/h6-7,10,13H,4-5H2,1-3H3. The summed E-state index contributed by atoms with van der Waals surface area (Å²) in [7, 11) is 3.57. The number of allylic oxidation sites excluding steroid dienone is 1. The summed E-state index contributed by atoms with van der Waals surface area (Å²) in [5.41, 5.74) is 4.25. The third-order valence-corrected chi connectivity index (χ3v) is 3.93. The van der Waals surface area contributed by atoms with Crippen molar-refractivity contribution in [2.24, 2.45) is 11.0 Å². The monoisotopic (exact) mass is 251 g/mol. The molecule has 1 saturated heterocycles. The molecule has 0 bridgehead atoms. The van der Waals surface area contributed by atoms with Crippen LogP contribution in [0.3, 0.4) is 0 Å². The Hall–Kier alpha value is -1.40. The van der Waals surface area contributed by atoms with Gasteiger partial charge in [-0.25, -0.2) is 0 Å². The fourth-order valence-corrected chi connectivity index (χ4v) is 3.01. The average molecular weight is 251 g/mol. The van der Waals surface area contributed by atoms with Crippen molar-refractivity contribution in [3.63, 3.8) is 0 Å². The van der Waals surface area contributed by atoms with Gasteiger partial charge in [0.15, 0.2) is 0 Å². The quantitative estimate of drug-likeness (QED) is 0.694. The van der Waals surface area contributed by atoms with E-state index in [0.717, 1.165) is 12.2 Å². The van der Waals surface area contributed by atoms with Crippen molar-refractivity contribution in [1.29, 1.82) is 0 Å². The number of morpholine rings is 1. The molecule has 3 unspecified atom stereocenters. The fraction of sp³-hybridized carbons (Fsp3) is 0.667. The van der Waals surface area contributed by atoms with Gasteiger partial charge >= 0.3 is 0 Å². The molecule has 3 atom stereocenters. The molecule has 2 aliphatic heterocycles. The summed E-state index contributed by atoms with van der Waals surface area (Å²) in [6.45, 7) is 3.31. The van der Waals surface area contributed by atoms with Crippen LogP contribution < -0.4 is 5.43 Å². The zero-order valence-electron chi connectivity index (χ0n) is 10.8. The SMILES string of the molecule is COC12OCCN(C)C1=CC(=O)C1=NNC(C)C12. The largest absolute Gasteiger partial charge is 0.371 e. The summed E-state index contributed by atoms with van der Waals surface area (Å²) >= 11 is 0. The maximum Gasteiger partial charge on any atom is 0.220 e. The molecule has 1 fully saturated rings. The summed E-state index contributed by atoms with van der Waals surface area (Å²) in [6, 6.07) is 0.0131. The Morgan fingerprint density at radius 1 is 1.67 bits per heavy atom. The first-order valence-corrected chi connectivity index (χ1v) is 6.10. The van der Waals surface area contributed by atoms with Gasteiger partial charge in [-0.1, -0.05) is 0 Å². The third kappa shape index (κ3) is 1.30. The lowest BCUT2D eigenvalue weighted by atomic mass is 9.79. The maximum atomic E-state index is 12.1. The fourth-order valence-electron chi connectivity index (χ4n) is 3.01. The van der Waals surface area contributed by atoms with Gasteiger partial charge in [-0.15, -0.1) is 0 Å². The molecule has 0 amide bonds. The summed E-state index contributed by atoms with van der Waals surface area (Å²) < 4.78 is 11.6. The summed E-state index contributed by atoms with van der Waals surface area (Å²) in [5, 5.41) is 4.12. The van der Waals surface area contributed by atoms with Crippen LogP contribution in [0.25, 0.3) is 0 Å². The molecule has 1 aliphatic carbocycles. The number of likely N-dealkylation sites (N-methyl/N-ethyl adjacent to an activating group) is 1. The van der Waals surface area contributed by atoms with Crippen LogP contribution in [0.15, 0.2) is 16.9 Å². The molecular weight excluding hydrogens is 234 g/mol. The Morgan fingerprint density at radius 3 is 3.17 bits per heavy atom. The molecule has 0 spiro atoms. The Bertz CT molecular complexity index is 459. The van der Waals surface area contributed by atoms with Crippen molar-refractivity contribution in [2.45, 2.75) is 18.8 Å². The number of ketones is 1. The van der Waals surface area contributed by atoms with Gasteiger partial charge in [-0.3, -0.25) is 4.79 Å². The zero-order valence-corrected chi connectivity index (χ0v) is 10.8. The van der Waals surface area contributed by atoms with E-state index in [2.05, 4.69) is 10.5 Å². The second-order valence-corrected chi connectivity index (χ2v) is 4.93. The van der Waals surface area contributed by atoms with Gasteiger partial charge in [0, 0.05) is 26.8 Å². The number of nitrogens with zero attached hydrogens (tertiary/aromatic N) is 2. The molecule has 6 heteroatoms. The van der Waals surface area contributed by atoms with Crippen molar-refractivity contribution in [1.82, 2.24) is 10.3 Å². The highest BCUT2D eigenvalue weighted by atomic mass is 16.7. The minimum absolute atomic E-state index is 0.0131. The Balaban J connectivity index is 2.15. The second-order valence-electron chi connectivity index (χ2n) is 4.93. The highest BCUT2D eigenvalue weighted by Crippen LogP contribution is 2.42. The van der Waals surface area contributed by atoms with Gasteiger partial charge in [0.1, 0.15) is 5.71 Å². The first kappa shape index (κ1) is 11.7. The smallest absolute Gasteiger partial charge is 0.220 e. The van der Waals surface area contributed by atoms with E-state index >= 15 is 0 Å². The number of rotatable bonds is 1. The maximum absolute atomic E-state index is 12.1. The molecule has 0 aromatic heterocycles. The first-order valence-electron chi connectivity index (χ1n) is 6.10. The summed E-state index contributed by atoms with van der Waals surface area (Å²) in [4.78, 5) is 14.1. The molecule has 6 nitrogen and oxygen atoms in total. The predicted octanol–water partition coefficient (Wildman–Crippen LogP) is -0.278. The lowest BCUT2D eigenvalue weighted by Gasteiger charge is -2.48. The minimum Gasteiger partial charge on any atom is -0.371 e. The van der Waals surface area contributed by atoms with Gasteiger partial charge in [-0.05, 0) is 6.92 Å². The highest BCUT2D eigenvalue weighted by Gasteiger charge is 2.57. The van der Waals surface area contributed by atoms with Crippen LogP contribution in [0.2, 0.25) is 0 Å². The number of hydrogen-bond acceptors (Lipinski definition) is 6. The molecule has 1 N–H and O–H groups in total. The Morgan fingerprint density at radius 2 is 2.44 bits per heavy atom.